The van der Waals surface area contributed by atoms with E-state index in [4.69, 9.17) is 4.74 Å². The summed E-state index contributed by atoms with van der Waals surface area (Å²) in [6, 6.07) is 0.379. The van der Waals surface area contributed by atoms with Crippen LogP contribution in [0.3, 0.4) is 0 Å². The Balaban J connectivity index is 1.85. The van der Waals surface area contributed by atoms with E-state index in [-0.39, 0.29) is 17.9 Å². The molecule has 1 heterocycles. The second-order valence-corrected chi connectivity index (χ2v) is 6.55. The minimum absolute atomic E-state index is 0.0816. The van der Waals surface area contributed by atoms with Crippen LogP contribution in [0, 0.1) is 5.92 Å². The minimum atomic E-state index is -0.486. The monoisotopic (exact) mass is 268 g/mol. The lowest BCUT2D eigenvalue weighted by Gasteiger charge is -2.33. The topological polar surface area (TPSA) is 58.6 Å². The number of hydrogen-bond donors (Lipinski definition) is 1. The van der Waals surface area contributed by atoms with Crippen molar-refractivity contribution in [1.29, 1.82) is 0 Å². The molecule has 1 aliphatic heterocycles. The average Bonchev–Trinajstić information content (AvgIpc) is 3.11. The third kappa shape index (κ3) is 4.40. The van der Waals surface area contributed by atoms with Crippen LogP contribution in [0.15, 0.2) is 0 Å². The van der Waals surface area contributed by atoms with Gasteiger partial charge in [0.2, 0.25) is 5.91 Å². The Hall–Kier alpha value is -1.26. The van der Waals surface area contributed by atoms with Crippen LogP contribution in [0.25, 0.3) is 0 Å². The molecule has 5 nitrogen and oxygen atoms in total. The van der Waals surface area contributed by atoms with Crippen LogP contribution in [0.2, 0.25) is 0 Å². The van der Waals surface area contributed by atoms with Crippen molar-refractivity contribution in [2.24, 2.45) is 5.92 Å². The Morgan fingerprint density at radius 1 is 1.21 bits per heavy atom. The van der Waals surface area contributed by atoms with Crippen molar-refractivity contribution < 1.29 is 14.3 Å². The van der Waals surface area contributed by atoms with Gasteiger partial charge in [0, 0.05) is 19.1 Å². The maximum atomic E-state index is 12.0. The molecule has 0 aromatic heterocycles. The number of hydrogen-bond acceptors (Lipinski definition) is 3. The third-order valence-corrected chi connectivity index (χ3v) is 3.37. The summed E-state index contributed by atoms with van der Waals surface area (Å²) in [4.78, 5) is 25.7. The minimum Gasteiger partial charge on any atom is -0.444 e. The molecule has 0 aromatic rings. The summed E-state index contributed by atoms with van der Waals surface area (Å²) in [5.41, 5.74) is -0.486. The number of nitrogens with one attached hydrogen (secondary N) is 1. The summed E-state index contributed by atoms with van der Waals surface area (Å²) in [5, 5.41) is 3.01. The Kier molecular flexibility index (Phi) is 4.02. The van der Waals surface area contributed by atoms with E-state index in [9.17, 15) is 9.59 Å². The summed E-state index contributed by atoms with van der Waals surface area (Å²) in [6.07, 6.45) is 3.60. The molecule has 2 aliphatic rings. The first-order chi connectivity index (χ1) is 8.85. The smallest absolute Gasteiger partial charge is 0.410 e. The molecule has 1 N–H and O–H groups in total. The van der Waals surface area contributed by atoms with Crippen molar-refractivity contribution in [3.8, 4) is 0 Å². The molecule has 1 atom stereocenters. The number of amides is 2. The molecular weight excluding hydrogens is 244 g/mol. The summed E-state index contributed by atoms with van der Waals surface area (Å²) < 4.78 is 5.35. The van der Waals surface area contributed by atoms with Gasteiger partial charge in [0.25, 0.3) is 0 Å². The molecule has 1 unspecified atom stereocenters. The first-order valence-electron chi connectivity index (χ1n) is 7.13. The summed E-state index contributed by atoms with van der Waals surface area (Å²) >= 11 is 0. The second kappa shape index (κ2) is 5.39. The van der Waals surface area contributed by atoms with Crippen LogP contribution in [0.1, 0.15) is 46.5 Å². The fraction of sp³-hybridized carbons (Fsp3) is 0.857. The van der Waals surface area contributed by atoms with Gasteiger partial charge >= 0.3 is 6.09 Å². The highest BCUT2D eigenvalue weighted by Crippen LogP contribution is 2.23. The number of piperidine rings is 1. The average molecular weight is 268 g/mol. The SMILES string of the molecule is CC(C)(C)OC(=O)N1CCCC(C(=O)NC2CC2)C1. The molecule has 0 radical (unpaired) electrons. The first-order valence-corrected chi connectivity index (χ1v) is 7.13. The predicted octanol–water partition coefficient (Wildman–Crippen LogP) is 1.91. The molecule has 1 saturated heterocycles. The number of carbonyl (C=O) groups excluding carboxylic acids is 2. The standard InChI is InChI=1S/C14H24N2O3/c1-14(2,3)19-13(18)16-8-4-5-10(9-16)12(17)15-11-6-7-11/h10-11H,4-9H2,1-3H3,(H,15,17). The molecule has 108 valence electrons. The zero-order valence-electron chi connectivity index (χ0n) is 12.1. The van der Waals surface area contributed by atoms with Gasteiger partial charge in [-0.2, -0.15) is 0 Å². The lowest BCUT2D eigenvalue weighted by atomic mass is 9.97. The Bertz CT molecular complexity index is 358. The quantitative estimate of drug-likeness (QED) is 0.832. The first kappa shape index (κ1) is 14.2. The van der Waals surface area contributed by atoms with Gasteiger partial charge in [0.1, 0.15) is 5.60 Å². The van der Waals surface area contributed by atoms with Gasteiger partial charge in [-0.3, -0.25) is 4.79 Å². The fourth-order valence-electron chi connectivity index (χ4n) is 2.23. The molecule has 0 spiro atoms. The predicted molar refractivity (Wildman–Crippen MR) is 71.7 cm³/mol. The van der Waals surface area contributed by atoms with E-state index in [1.54, 1.807) is 4.90 Å². The van der Waals surface area contributed by atoms with E-state index in [0.29, 0.717) is 19.1 Å². The van der Waals surface area contributed by atoms with E-state index in [1.807, 2.05) is 20.8 Å². The second-order valence-electron chi connectivity index (χ2n) is 6.55. The number of likely N-dealkylation sites (tertiary alicyclic amines) is 1. The van der Waals surface area contributed by atoms with Crippen LogP contribution in [0.5, 0.6) is 0 Å². The normalized spacial score (nSPS) is 23.9. The van der Waals surface area contributed by atoms with Crippen LogP contribution in [-0.2, 0) is 9.53 Å². The van der Waals surface area contributed by atoms with Crippen molar-refractivity contribution in [2.75, 3.05) is 13.1 Å². The van der Waals surface area contributed by atoms with Crippen molar-refractivity contribution >= 4 is 12.0 Å². The Morgan fingerprint density at radius 3 is 2.47 bits per heavy atom. The van der Waals surface area contributed by atoms with Gasteiger partial charge in [0.15, 0.2) is 0 Å². The van der Waals surface area contributed by atoms with E-state index < -0.39 is 5.60 Å². The molecule has 0 bridgehead atoms. The van der Waals surface area contributed by atoms with E-state index in [0.717, 1.165) is 25.7 Å². The number of carbonyl (C=O) groups is 2. The Labute approximate surface area is 114 Å². The fourth-order valence-corrected chi connectivity index (χ4v) is 2.23. The van der Waals surface area contributed by atoms with Gasteiger partial charge in [-0.1, -0.05) is 0 Å². The van der Waals surface area contributed by atoms with E-state index >= 15 is 0 Å². The molecule has 2 fully saturated rings. The van der Waals surface area contributed by atoms with Crippen LogP contribution < -0.4 is 5.32 Å². The number of ether oxygens (including phenoxy) is 1. The van der Waals surface area contributed by atoms with Gasteiger partial charge in [0.05, 0.1) is 5.92 Å². The van der Waals surface area contributed by atoms with Crippen molar-refractivity contribution in [3.63, 3.8) is 0 Å². The maximum absolute atomic E-state index is 12.0. The lowest BCUT2D eigenvalue weighted by molar-refractivity contribution is -0.126. The zero-order chi connectivity index (χ0) is 14.0. The van der Waals surface area contributed by atoms with Crippen molar-refractivity contribution in [3.05, 3.63) is 0 Å². The van der Waals surface area contributed by atoms with Gasteiger partial charge in [-0.15, -0.1) is 0 Å². The largest absolute Gasteiger partial charge is 0.444 e. The third-order valence-electron chi connectivity index (χ3n) is 3.37. The highest BCUT2D eigenvalue weighted by molar-refractivity contribution is 5.80. The maximum Gasteiger partial charge on any atom is 0.410 e. The summed E-state index contributed by atoms with van der Waals surface area (Å²) in [7, 11) is 0. The molecule has 1 saturated carbocycles. The molecule has 2 rings (SSSR count). The summed E-state index contributed by atoms with van der Waals surface area (Å²) in [6.45, 7) is 6.72. The van der Waals surface area contributed by atoms with Gasteiger partial charge < -0.3 is 15.0 Å². The molecule has 19 heavy (non-hydrogen) atoms. The molecule has 2 amide bonds. The molecule has 1 aliphatic carbocycles. The van der Waals surface area contributed by atoms with E-state index in [2.05, 4.69) is 5.32 Å². The van der Waals surface area contributed by atoms with Gasteiger partial charge in [-0.25, -0.2) is 4.79 Å². The van der Waals surface area contributed by atoms with Crippen LogP contribution in [0.4, 0.5) is 4.79 Å². The van der Waals surface area contributed by atoms with Crippen LogP contribution in [-0.4, -0.2) is 41.6 Å². The number of rotatable bonds is 2. The van der Waals surface area contributed by atoms with Crippen molar-refractivity contribution in [1.82, 2.24) is 10.2 Å². The molecular formula is C14H24N2O3. The molecule has 5 heteroatoms. The summed E-state index contributed by atoms with van der Waals surface area (Å²) in [5.74, 6) is 0.0117. The molecule has 0 aromatic carbocycles. The highest BCUT2D eigenvalue weighted by Gasteiger charge is 2.33. The highest BCUT2D eigenvalue weighted by atomic mass is 16.6. The zero-order valence-corrected chi connectivity index (χ0v) is 12.1. The Morgan fingerprint density at radius 2 is 1.89 bits per heavy atom. The van der Waals surface area contributed by atoms with Crippen molar-refractivity contribution in [2.45, 2.75) is 58.1 Å². The lowest BCUT2D eigenvalue weighted by Crippen LogP contribution is -2.47. The number of nitrogens with zero attached hydrogens (tertiary/aromatic N) is 1. The van der Waals surface area contributed by atoms with E-state index in [1.165, 1.54) is 0 Å². The van der Waals surface area contributed by atoms with Gasteiger partial charge in [-0.05, 0) is 46.5 Å². The van der Waals surface area contributed by atoms with Crippen LogP contribution >= 0.6 is 0 Å².